The molecule has 2 aromatic rings. The number of tetrazole rings is 1. The lowest BCUT2D eigenvalue weighted by molar-refractivity contribution is 0.00348. The van der Waals surface area contributed by atoms with Gasteiger partial charge >= 0.3 is 0 Å². The highest BCUT2D eigenvalue weighted by atomic mass is 35.5. The molecule has 1 aliphatic rings. The zero-order valence-corrected chi connectivity index (χ0v) is 12.0. The first-order valence-electron chi connectivity index (χ1n) is 6.53. The zero-order valence-electron chi connectivity index (χ0n) is 11.2. The summed E-state index contributed by atoms with van der Waals surface area (Å²) >= 11 is 6.28. The zero-order chi connectivity index (χ0) is 14.2. The molecule has 0 amide bonds. The van der Waals surface area contributed by atoms with Crippen LogP contribution >= 0.6 is 11.6 Å². The van der Waals surface area contributed by atoms with E-state index in [9.17, 15) is 0 Å². The maximum atomic E-state index is 6.28. The van der Waals surface area contributed by atoms with Crippen LogP contribution < -0.4 is 5.73 Å². The summed E-state index contributed by atoms with van der Waals surface area (Å²) in [6.07, 6.45) is 1.95. The van der Waals surface area contributed by atoms with Gasteiger partial charge in [0.1, 0.15) is 0 Å². The molecule has 0 bridgehead atoms. The number of hydrogen-bond acceptors (Lipinski definition) is 5. The fourth-order valence-corrected chi connectivity index (χ4v) is 2.74. The van der Waals surface area contributed by atoms with E-state index in [4.69, 9.17) is 22.1 Å². The SMILES string of the molecule is CC1(n2nnnc2-c2cccc(N)c2Cl)CCCOC1. The molecule has 106 valence electrons. The molecule has 2 N–H and O–H groups in total. The van der Waals surface area contributed by atoms with Gasteiger partial charge in [-0.1, -0.05) is 17.7 Å². The lowest BCUT2D eigenvalue weighted by atomic mass is 9.94. The molecule has 1 aliphatic heterocycles. The van der Waals surface area contributed by atoms with Crippen LogP contribution in [0.5, 0.6) is 0 Å². The molecule has 1 fully saturated rings. The molecule has 1 unspecified atom stereocenters. The highest BCUT2D eigenvalue weighted by Crippen LogP contribution is 2.34. The van der Waals surface area contributed by atoms with Gasteiger partial charge in [0.15, 0.2) is 5.82 Å². The first kappa shape index (κ1) is 13.3. The Bertz CT molecular complexity index is 621. The van der Waals surface area contributed by atoms with Crippen molar-refractivity contribution in [2.24, 2.45) is 0 Å². The Morgan fingerprint density at radius 2 is 2.30 bits per heavy atom. The average molecular weight is 294 g/mol. The van der Waals surface area contributed by atoms with Crippen molar-refractivity contribution in [2.75, 3.05) is 18.9 Å². The number of nitrogen functional groups attached to an aromatic ring is 1. The van der Waals surface area contributed by atoms with Gasteiger partial charge in [-0.3, -0.25) is 0 Å². The minimum Gasteiger partial charge on any atom is -0.398 e. The van der Waals surface area contributed by atoms with Crippen LogP contribution in [-0.4, -0.2) is 33.4 Å². The van der Waals surface area contributed by atoms with E-state index in [2.05, 4.69) is 22.4 Å². The van der Waals surface area contributed by atoms with E-state index in [0.717, 1.165) is 25.0 Å². The number of benzene rings is 1. The summed E-state index contributed by atoms with van der Waals surface area (Å²) in [5.74, 6) is 0.621. The van der Waals surface area contributed by atoms with Gasteiger partial charge in [0.05, 0.1) is 22.9 Å². The van der Waals surface area contributed by atoms with Gasteiger partial charge in [-0.05, 0) is 42.3 Å². The van der Waals surface area contributed by atoms with Crippen molar-refractivity contribution in [1.82, 2.24) is 20.2 Å². The van der Waals surface area contributed by atoms with Crippen LogP contribution in [0.2, 0.25) is 5.02 Å². The smallest absolute Gasteiger partial charge is 0.184 e. The van der Waals surface area contributed by atoms with Gasteiger partial charge in [0, 0.05) is 12.2 Å². The van der Waals surface area contributed by atoms with E-state index in [0.29, 0.717) is 23.1 Å². The van der Waals surface area contributed by atoms with E-state index < -0.39 is 0 Å². The van der Waals surface area contributed by atoms with E-state index in [1.807, 2.05) is 12.1 Å². The van der Waals surface area contributed by atoms with Crippen molar-refractivity contribution in [3.8, 4) is 11.4 Å². The molecular weight excluding hydrogens is 278 g/mol. The number of hydrogen-bond donors (Lipinski definition) is 1. The lowest BCUT2D eigenvalue weighted by Gasteiger charge is -2.33. The van der Waals surface area contributed by atoms with Crippen LogP contribution in [0.3, 0.4) is 0 Å². The van der Waals surface area contributed by atoms with Gasteiger partial charge in [-0.15, -0.1) is 5.10 Å². The summed E-state index contributed by atoms with van der Waals surface area (Å²) in [4.78, 5) is 0. The summed E-state index contributed by atoms with van der Waals surface area (Å²) in [7, 11) is 0. The number of nitrogens with two attached hydrogens (primary N) is 1. The van der Waals surface area contributed by atoms with E-state index in [1.54, 1.807) is 10.7 Å². The molecule has 1 saturated heterocycles. The quantitative estimate of drug-likeness (QED) is 0.858. The second-order valence-electron chi connectivity index (χ2n) is 5.28. The number of ether oxygens (including phenoxy) is 1. The summed E-state index contributed by atoms with van der Waals surface area (Å²) in [5.41, 5.74) is 6.85. The first-order valence-corrected chi connectivity index (χ1v) is 6.90. The third kappa shape index (κ3) is 2.14. The number of nitrogens with zero attached hydrogens (tertiary/aromatic N) is 4. The average Bonchev–Trinajstić information content (AvgIpc) is 2.93. The van der Waals surface area contributed by atoms with Gasteiger partial charge in [0.2, 0.25) is 0 Å². The maximum Gasteiger partial charge on any atom is 0.184 e. The van der Waals surface area contributed by atoms with Gasteiger partial charge in [0.25, 0.3) is 0 Å². The van der Waals surface area contributed by atoms with Crippen LogP contribution in [0.4, 0.5) is 5.69 Å². The molecular formula is C13H16ClN5O. The van der Waals surface area contributed by atoms with Crippen molar-refractivity contribution in [2.45, 2.75) is 25.3 Å². The predicted octanol–water partition coefficient (Wildman–Crippen LogP) is 2.10. The van der Waals surface area contributed by atoms with Gasteiger partial charge in [-0.25, -0.2) is 4.68 Å². The van der Waals surface area contributed by atoms with E-state index in [-0.39, 0.29) is 5.54 Å². The van der Waals surface area contributed by atoms with Crippen LogP contribution in [0, 0.1) is 0 Å². The molecule has 0 radical (unpaired) electrons. The Morgan fingerprint density at radius 3 is 3.05 bits per heavy atom. The predicted molar refractivity (Wildman–Crippen MR) is 76.4 cm³/mol. The van der Waals surface area contributed by atoms with Gasteiger partial charge in [-0.2, -0.15) is 0 Å². The molecule has 3 rings (SSSR count). The van der Waals surface area contributed by atoms with Crippen molar-refractivity contribution < 1.29 is 4.74 Å². The molecule has 1 aromatic heterocycles. The minimum atomic E-state index is -0.259. The summed E-state index contributed by atoms with van der Waals surface area (Å²) in [6.45, 7) is 3.46. The molecule has 2 heterocycles. The molecule has 0 saturated carbocycles. The maximum absolute atomic E-state index is 6.28. The molecule has 7 heteroatoms. The Labute approximate surface area is 121 Å². The Balaban J connectivity index is 2.08. The number of aromatic nitrogens is 4. The standard InChI is InChI=1S/C13H16ClN5O/c1-13(6-3-7-20-8-13)19-12(16-17-18-19)9-4-2-5-10(15)11(9)14/h2,4-5H,3,6-8,15H2,1H3. The molecule has 0 aliphatic carbocycles. The fraction of sp³-hybridized carbons (Fsp3) is 0.462. The second-order valence-corrected chi connectivity index (χ2v) is 5.65. The normalized spacial score (nSPS) is 22.9. The monoisotopic (exact) mass is 293 g/mol. The number of anilines is 1. The molecule has 1 atom stereocenters. The van der Waals surface area contributed by atoms with Crippen LogP contribution in [-0.2, 0) is 10.3 Å². The van der Waals surface area contributed by atoms with Crippen molar-refractivity contribution in [3.05, 3.63) is 23.2 Å². The van der Waals surface area contributed by atoms with Crippen molar-refractivity contribution in [3.63, 3.8) is 0 Å². The van der Waals surface area contributed by atoms with Crippen LogP contribution in [0.25, 0.3) is 11.4 Å². The Morgan fingerprint density at radius 1 is 1.45 bits per heavy atom. The first-order chi connectivity index (χ1) is 9.62. The largest absolute Gasteiger partial charge is 0.398 e. The third-order valence-corrected chi connectivity index (χ3v) is 4.09. The van der Waals surface area contributed by atoms with E-state index in [1.165, 1.54) is 0 Å². The van der Waals surface area contributed by atoms with Crippen LogP contribution in [0.15, 0.2) is 18.2 Å². The summed E-state index contributed by atoms with van der Waals surface area (Å²) in [5, 5.41) is 12.5. The van der Waals surface area contributed by atoms with Crippen molar-refractivity contribution in [1.29, 1.82) is 0 Å². The Hall–Kier alpha value is -1.66. The lowest BCUT2D eigenvalue weighted by Crippen LogP contribution is -2.40. The highest BCUT2D eigenvalue weighted by Gasteiger charge is 2.34. The summed E-state index contributed by atoms with van der Waals surface area (Å²) in [6, 6.07) is 5.47. The van der Waals surface area contributed by atoms with Crippen molar-refractivity contribution >= 4 is 17.3 Å². The molecule has 0 spiro atoms. The molecule has 20 heavy (non-hydrogen) atoms. The summed E-state index contributed by atoms with van der Waals surface area (Å²) < 4.78 is 7.38. The van der Waals surface area contributed by atoms with Gasteiger partial charge < -0.3 is 10.5 Å². The Kier molecular flexibility index (Phi) is 3.35. The minimum absolute atomic E-state index is 0.259. The van der Waals surface area contributed by atoms with Crippen LogP contribution in [0.1, 0.15) is 19.8 Å². The molecule has 6 nitrogen and oxygen atoms in total. The number of rotatable bonds is 2. The third-order valence-electron chi connectivity index (χ3n) is 3.67. The molecule has 1 aromatic carbocycles. The fourth-order valence-electron chi connectivity index (χ4n) is 2.53. The highest BCUT2D eigenvalue weighted by molar-refractivity contribution is 6.35. The van der Waals surface area contributed by atoms with E-state index >= 15 is 0 Å². The number of halogens is 1. The topological polar surface area (TPSA) is 78.9 Å². The second kappa shape index (κ2) is 5.03.